The van der Waals surface area contributed by atoms with Gasteiger partial charge in [0.05, 0.1) is 0 Å². The number of hydrogen-bond acceptors (Lipinski definition) is 3. The van der Waals surface area contributed by atoms with Gasteiger partial charge in [-0.25, -0.2) is 9.59 Å². The molecule has 11 heavy (non-hydrogen) atoms. The first-order valence-corrected chi connectivity index (χ1v) is 3.63. The SMILES string of the molecule is CSC(C(=O)O)=C(F)C(=O)O. The highest BCUT2D eigenvalue weighted by molar-refractivity contribution is 8.03. The Morgan fingerprint density at radius 2 is 1.73 bits per heavy atom. The van der Waals surface area contributed by atoms with E-state index in [1.807, 2.05) is 0 Å². The lowest BCUT2D eigenvalue weighted by Gasteiger charge is -1.95. The van der Waals surface area contributed by atoms with Crippen molar-refractivity contribution in [3.63, 3.8) is 0 Å². The van der Waals surface area contributed by atoms with E-state index in [1.54, 1.807) is 0 Å². The highest BCUT2D eigenvalue weighted by atomic mass is 32.2. The first kappa shape index (κ1) is 9.96. The van der Waals surface area contributed by atoms with Crippen LogP contribution in [0.25, 0.3) is 0 Å². The molecule has 0 bridgehead atoms. The molecular weight excluding hydrogens is 175 g/mol. The van der Waals surface area contributed by atoms with Crippen molar-refractivity contribution in [2.75, 3.05) is 6.26 Å². The Morgan fingerprint density at radius 1 is 1.27 bits per heavy atom. The van der Waals surface area contributed by atoms with Gasteiger partial charge >= 0.3 is 11.9 Å². The first-order chi connectivity index (χ1) is 5.00. The van der Waals surface area contributed by atoms with Crippen molar-refractivity contribution in [3.8, 4) is 0 Å². The third kappa shape index (κ3) is 2.58. The molecule has 0 amide bonds. The monoisotopic (exact) mass is 180 g/mol. The normalized spacial score (nSPS) is 12.2. The fraction of sp³-hybridized carbons (Fsp3) is 0.200. The molecule has 62 valence electrons. The fourth-order valence-electron chi connectivity index (χ4n) is 0.368. The number of hydrogen-bond donors (Lipinski definition) is 2. The van der Waals surface area contributed by atoms with Crippen LogP contribution in [-0.2, 0) is 9.59 Å². The van der Waals surface area contributed by atoms with E-state index < -0.39 is 22.7 Å². The van der Waals surface area contributed by atoms with E-state index in [0.29, 0.717) is 11.8 Å². The quantitative estimate of drug-likeness (QED) is 0.625. The number of carboxylic acids is 2. The van der Waals surface area contributed by atoms with Crippen LogP contribution in [-0.4, -0.2) is 28.4 Å². The van der Waals surface area contributed by atoms with Crippen molar-refractivity contribution < 1.29 is 24.2 Å². The summed E-state index contributed by atoms with van der Waals surface area (Å²) >= 11 is 0.539. The molecule has 0 heterocycles. The Hall–Kier alpha value is -1.04. The molecule has 0 spiro atoms. The molecule has 0 aliphatic rings. The van der Waals surface area contributed by atoms with Crippen LogP contribution in [0.5, 0.6) is 0 Å². The molecule has 4 nitrogen and oxygen atoms in total. The summed E-state index contributed by atoms with van der Waals surface area (Å²) in [6.07, 6.45) is 1.28. The third-order valence-electron chi connectivity index (χ3n) is 0.785. The molecule has 2 N–H and O–H groups in total. The Labute approximate surface area is 65.7 Å². The molecule has 0 fully saturated rings. The van der Waals surface area contributed by atoms with Gasteiger partial charge in [0.1, 0.15) is 4.91 Å². The second-order valence-corrected chi connectivity index (χ2v) is 2.27. The molecule has 6 heteroatoms. The summed E-state index contributed by atoms with van der Waals surface area (Å²) in [5.74, 6) is -5.07. The van der Waals surface area contributed by atoms with Crippen LogP contribution in [0.3, 0.4) is 0 Å². The van der Waals surface area contributed by atoms with Gasteiger partial charge in [0.25, 0.3) is 0 Å². The molecule has 0 aromatic rings. The Balaban J connectivity index is 4.83. The van der Waals surface area contributed by atoms with Crippen molar-refractivity contribution in [1.29, 1.82) is 0 Å². The van der Waals surface area contributed by atoms with Crippen LogP contribution in [0.1, 0.15) is 0 Å². The maximum atomic E-state index is 12.3. The number of thioether (sulfide) groups is 1. The van der Waals surface area contributed by atoms with Gasteiger partial charge in [0.2, 0.25) is 5.83 Å². The van der Waals surface area contributed by atoms with Gasteiger partial charge in [-0.3, -0.25) is 0 Å². The van der Waals surface area contributed by atoms with E-state index in [2.05, 4.69) is 0 Å². The highest BCUT2D eigenvalue weighted by Gasteiger charge is 2.18. The van der Waals surface area contributed by atoms with Gasteiger partial charge in [-0.2, -0.15) is 4.39 Å². The number of aliphatic carboxylic acids is 2. The minimum atomic E-state index is -1.86. The van der Waals surface area contributed by atoms with Gasteiger partial charge in [0, 0.05) is 0 Å². The molecule has 0 atom stereocenters. The lowest BCUT2D eigenvalue weighted by molar-refractivity contribution is -0.136. The van der Waals surface area contributed by atoms with E-state index in [9.17, 15) is 14.0 Å². The Kier molecular flexibility index (Phi) is 3.59. The van der Waals surface area contributed by atoms with Gasteiger partial charge < -0.3 is 10.2 Å². The maximum Gasteiger partial charge on any atom is 0.366 e. The topological polar surface area (TPSA) is 74.6 Å². The average molecular weight is 180 g/mol. The van der Waals surface area contributed by atoms with Crippen LogP contribution < -0.4 is 0 Å². The van der Waals surface area contributed by atoms with E-state index in [0.717, 1.165) is 0 Å². The van der Waals surface area contributed by atoms with Crippen LogP contribution in [0.4, 0.5) is 4.39 Å². The van der Waals surface area contributed by atoms with Crippen LogP contribution in [0, 0.1) is 0 Å². The predicted octanol–water partition coefficient (Wildman–Crippen LogP) is 0.700. The van der Waals surface area contributed by atoms with Crippen molar-refractivity contribution in [2.45, 2.75) is 0 Å². The molecular formula is C5H5FO4S. The Morgan fingerprint density at radius 3 is 1.82 bits per heavy atom. The van der Waals surface area contributed by atoms with E-state index in [4.69, 9.17) is 10.2 Å². The van der Waals surface area contributed by atoms with Crippen molar-refractivity contribution in [3.05, 3.63) is 10.7 Å². The van der Waals surface area contributed by atoms with E-state index >= 15 is 0 Å². The summed E-state index contributed by atoms with van der Waals surface area (Å²) in [5.41, 5.74) is 0. The Bertz CT molecular complexity index is 223. The van der Waals surface area contributed by atoms with E-state index in [-0.39, 0.29) is 0 Å². The predicted molar refractivity (Wildman–Crippen MR) is 36.9 cm³/mol. The van der Waals surface area contributed by atoms with Gasteiger partial charge in [-0.1, -0.05) is 0 Å². The summed E-state index contributed by atoms with van der Waals surface area (Å²) < 4.78 is 12.3. The lowest BCUT2D eigenvalue weighted by Crippen LogP contribution is -2.05. The fourth-order valence-corrected chi connectivity index (χ4v) is 0.809. The maximum absolute atomic E-state index is 12.3. The largest absolute Gasteiger partial charge is 0.477 e. The molecule has 0 aromatic carbocycles. The smallest absolute Gasteiger partial charge is 0.366 e. The van der Waals surface area contributed by atoms with Gasteiger partial charge in [-0.15, -0.1) is 11.8 Å². The molecule has 0 radical (unpaired) electrons. The van der Waals surface area contributed by atoms with E-state index in [1.165, 1.54) is 6.26 Å². The first-order valence-electron chi connectivity index (χ1n) is 2.41. The molecule has 0 saturated heterocycles. The lowest BCUT2D eigenvalue weighted by atomic mass is 10.4. The third-order valence-corrected chi connectivity index (χ3v) is 1.55. The zero-order valence-corrected chi connectivity index (χ0v) is 6.31. The second-order valence-electron chi connectivity index (χ2n) is 1.46. The van der Waals surface area contributed by atoms with Gasteiger partial charge in [0.15, 0.2) is 0 Å². The standard InChI is InChI=1S/C5H5FO4S/c1-11-3(5(9)10)2(6)4(7)8/h1H3,(H,7,8)(H,9,10). The van der Waals surface area contributed by atoms with Crippen molar-refractivity contribution in [1.82, 2.24) is 0 Å². The average Bonchev–Trinajstić information content (AvgIpc) is 1.88. The highest BCUT2D eigenvalue weighted by Crippen LogP contribution is 2.17. The number of carboxylic acid groups (broad SMARTS) is 2. The number of carbonyl (C=O) groups is 2. The van der Waals surface area contributed by atoms with Gasteiger partial charge in [-0.05, 0) is 6.26 Å². The molecule has 0 aliphatic heterocycles. The van der Waals surface area contributed by atoms with Crippen LogP contribution in [0.15, 0.2) is 10.7 Å². The summed E-state index contributed by atoms with van der Waals surface area (Å²) in [4.78, 5) is 19.2. The van der Waals surface area contributed by atoms with Crippen molar-refractivity contribution >= 4 is 23.7 Å². The summed E-state index contributed by atoms with van der Waals surface area (Å²) in [5, 5.41) is 16.2. The molecule has 0 rings (SSSR count). The second kappa shape index (κ2) is 3.97. The molecule has 0 unspecified atom stereocenters. The van der Waals surface area contributed by atoms with Crippen LogP contribution in [0.2, 0.25) is 0 Å². The van der Waals surface area contributed by atoms with Crippen LogP contribution >= 0.6 is 11.8 Å². The minimum absolute atomic E-state index is 0.539. The van der Waals surface area contributed by atoms with Crippen molar-refractivity contribution in [2.24, 2.45) is 0 Å². The zero-order valence-electron chi connectivity index (χ0n) is 5.50. The molecule has 0 aromatic heterocycles. The minimum Gasteiger partial charge on any atom is -0.477 e. The molecule has 0 aliphatic carbocycles. The summed E-state index contributed by atoms with van der Waals surface area (Å²) in [6, 6.07) is 0. The number of rotatable bonds is 3. The number of halogens is 1. The summed E-state index contributed by atoms with van der Waals surface area (Å²) in [7, 11) is 0. The zero-order chi connectivity index (χ0) is 9.02. The molecule has 0 saturated carbocycles. The summed E-state index contributed by atoms with van der Waals surface area (Å²) in [6.45, 7) is 0.